The Morgan fingerprint density at radius 1 is 1.14 bits per heavy atom. The summed E-state index contributed by atoms with van der Waals surface area (Å²) in [6.45, 7) is -0.288. The third-order valence-electron chi connectivity index (χ3n) is 3.74. The second-order valence-corrected chi connectivity index (χ2v) is 5.82. The maximum Gasteiger partial charge on any atom is 0.422 e. The molecule has 0 aliphatic carbocycles. The zero-order chi connectivity index (χ0) is 20.4. The number of nitrogens with zero attached hydrogens (tertiary/aromatic N) is 2. The highest BCUT2D eigenvalue weighted by molar-refractivity contribution is 14.0. The van der Waals surface area contributed by atoms with Crippen LogP contribution in [-0.2, 0) is 13.0 Å². The number of methoxy groups -OCH3 is 1. The van der Waals surface area contributed by atoms with E-state index in [1.165, 1.54) is 12.3 Å². The summed E-state index contributed by atoms with van der Waals surface area (Å²) in [6.07, 6.45) is -2.16. The highest BCUT2D eigenvalue weighted by Gasteiger charge is 2.28. The Kier molecular flexibility index (Phi) is 10.6. The summed E-state index contributed by atoms with van der Waals surface area (Å²) in [6, 6.07) is 10.8. The number of pyridine rings is 1. The van der Waals surface area contributed by atoms with Gasteiger partial charge in [0.2, 0.25) is 5.88 Å². The summed E-state index contributed by atoms with van der Waals surface area (Å²) in [5.74, 6) is 1.37. The molecule has 2 rings (SSSR count). The minimum absolute atomic E-state index is 0. The van der Waals surface area contributed by atoms with E-state index in [2.05, 4.69) is 25.3 Å². The van der Waals surface area contributed by atoms with Crippen LogP contribution in [0.2, 0.25) is 0 Å². The standard InChI is InChI=1S/C19H23F3N4O2.HI/c1-23-18(24-10-9-15-5-3-4-6-16(15)27-2)26-12-14-7-8-17(25-11-14)28-13-19(20,21)22;/h3-8,11H,9-10,12-13H2,1-2H3,(H2,23,24,26);1H. The van der Waals surface area contributed by atoms with Gasteiger partial charge >= 0.3 is 6.18 Å². The molecule has 1 aromatic heterocycles. The first-order valence-electron chi connectivity index (χ1n) is 8.62. The molecule has 2 N–H and O–H groups in total. The van der Waals surface area contributed by atoms with Gasteiger partial charge in [0.1, 0.15) is 5.75 Å². The van der Waals surface area contributed by atoms with E-state index < -0.39 is 12.8 Å². The van der Waals surface area contributed by atoms with E-state index in [1.54, 1.807) is 20.2 Å². The van der Waals surface area contributed by atoms with E-state index in [0.29, 0.717) is 19.0 Å². The number of hydrogen-bond acceptors (Lipinski definition) is 4. The van der Waals surface area contributed by atoms with Crippen LogP contribution in [0, 0.1) is 0 Å². The number of halogens is 4. The van der Waals surface area contributed by atoms with Crippen molar-refractivity contribution in [3.63, 3.8) is 0 Å². The van der Waals surface area contributed by atoms with Gasteiger partial charge in [0.05, 0.1) is 7.11 Å². The predicted octanol–water partition coefficient (Wildman–Crippen LogP) is 3.56. The summed E-state index contributed by atoms with van der Waals surface area (Å²) in [7, 11) is 3.30. The number of alkyl halides is 3. The molecular formula is C19H24F3IN4O2. The first kappa shape index (κ1) is 24.8. The topological polar surface area (TPSA) is 67.8 Å². The molecule has 0 amide bonds. The fraction of sp³-hybridized carbons (Fsp3) is 0.368. The fourth-order valence-corrected chi connectivity index (χ4v) is 2.39. The van der Waals surface area contributed by atoms with Crippen molar-refractivity contribution >= 4 is 29.9 Å². The Morgan fingerprint density at radius 2 is 1.90 bits per heavy atom. The summed E-state index contributed by atoms with van der Waals surface area (Å²) in [5, 5.41) is 6.32. The quantitative estimate of drug-likeness (QED) is 0.314. The van der Waals surface area contributed by atoms with E-state index in [1.807, 2.05) is 24.3 Å². The molecule has 6 nitrogen and oxygen atoms in total. The molecule has 160 valence electrons. The fourth-order valence-electron chi connectivity index (χ4n) is 2.39. The zero-order valence-electron chi connectivity index (χ0n) is 16.1. The van der Waals surface area contributed by atoms with Crippen LogP contribution in [0.25, 0.3) is 0 Å². The van der Waals surface area contributed by atoms with Gasteiger partial charge in [0.25, 0.3) is 0 Å². The van der Waals surface area contributed by atoms with Crippen LogP contribution < -0.4 is 20.1 Å². The Hall–Kier alpha value is -2.24. The van der Waals surface area contributed by atoms with E-state index >= 15 is 0 Å². The monoisotopic (exact) mass is 524 g/mol. The number of nitrogens with one attached hydrogen (secondary N) is 2. The molecule has 0 saturated carbocycles. The molecule has 0 saturated heterocycles. The van der Waals surface area contributed by atoms with Gasteiger partial charge < -0.3 is 20.1 Å². The molecule has 1 aromatic carbocycles. The SMILES string of the molecule is CN=C(NCCc1ccccc1OC)NCc1ccc(OCC(F)(F)F)nc1.I. The predicted molar refractivity (Wildman–Crippen MR) is 116 cm³/mol. The molecule has 0 radical (unpaired) electrons. The van der Waals surface area contributed by atoms with E-state index in [4.69, 9.17) is 4.74 Å². The minimum Gasteiger partial charge on any atom is -0.496 e. The molecule has 0 aliphatic heterocycles. The maximum absolute atomic E-state index is 12.1. The van der Waals surface area contributed by atoms with Gasteiger partial charge in [-0.05, 0) is 23.6 Å². The van der Waals surface area contributed by atoms with Gasteiger partial charge in [0.15, 0.2) is 12.6 Å². The second kappa shape index (κ2) is 12.3. The smallest absolute Gasteiger partial charge is 0.422 e. The summed E-state index contributed by atoms with van der Waals surface area (Å²) in [4.78, 5) is 8.01. The molecule has 0 unspecified atom stereocenters. The number of aliphatic imine (C=N–C) groups is 1. The lowest BCUT2D eigenvalue weighted by Gasteiger charge is -2.13. The lowest BCUT2D eigenvalue weighted by molar-refractivity contribution is -0.154. The average Bonchev–Trinajstić information content (AvgIpc) is 2.69. The molecule has 10 heteroatoms. The van der Waals surface area contributed by atoms with Gasteiger partial charge in [-0.3, -0.25) is 4.99 Å². The van der Waals surface area contributed by atoms with E-state index in [-0.39, 0.29) is 29.9 Å². The van der Waals surface area contributed by atoms with Crippen LogP contribution in [0.15, 0.2) is 47.6 Å². The molecule has 0 atom stereocenters. The number of aromatic nitrogens is 1. The Balaban J connectivity index is 0.00000420. The van der Waals surface area contributed by atoms with Crippen molar-refractivity contribution in [2.75, 3.05) is 27.3 Å². The Bertz CT molecular complexity index is 771. The Morgan fingerprint density at radius 3 is 2.52 bits per heavy atom. The highest BCUT2D eigenvalue weighted by Crippen LogP contribution is 2.18. The summed E-state index contributed by atoms with van der Waals surface area (Å²) >= 11 is 0. The number of benzene rings is 1. The van der Waals surface area contributed by atoms with Crippen molar-refractivity contribution in [1.82, 2.24) is 15.6 Å². The molecule has 0 fully saturated rings. The van der Waals surface area contributed by atoms with E-state index in [0.717, 1.165) is 23.3 Å². The molecule has 1 heterocycles. The van der Waals surface area contributed by atoms with Gasteiger partial charge in [-0.2, -0.15) is 13.2 Å². The van der Waals surface area contributed by atoms with Gasteiger partial charge in [-0.15, -0.1) is 24.0 Å². The van der Waals surface area contributed by atoms with Crippen molar-refractivity contribution in [3.8, 4) is 11.6 Å². The largest absolute Gasteiger partial charge is 0.496 e. The number of ether oxygens (including phenoxy) is 2. The van der Waals surface area contributed by atoms with Crippen molar-refractivity contribution in [1.29, 1.82) is 0 Å². The van der Waals surface area contributed by atoms with Crippen LogP contribution in [0.4, 0.5) is 13.2 Å². The third-order valence-corrected chi connectivity index (χ3v) is 3.74. The maximum atomic E-state index is 12.1. The molecule has 2 aromatic rings. The summed E-state index contributed by atoms with van der Waals surface area (Å²) < 4.78 is 46.3. The number of hydrogen-bond donors (Lipinski definition) is 2. The zero-order valence-corrected chi connectivity index (χ0v) is 18.5. The average molecular weight is 524 g/mol. The second-order valence-electron chi connectivity index (χ2n) is 5.82. The van der Waals surface area contributed by atoms with Crippen molar-refractivity contribution in [2.45, 2.75) is 19.1 Å². The van der Waals surface area contributed by atoms with Crippen LogP contribution in [0.5, 0.6) is 11.6 Å². The molecule has 0 spiro atoms. The van der Waals surface area contributed by atoms with Gasteiger partial charge in [0, 0.05) is 32.4 Å². The van der Waals surface area contributed by atoms with Gasteiger partial charge in [-0.1, -0.05) is 24.3 Å². The third kappa shape index (κ3) is 9.20. The van der Waals surface area contributed by atoms with Crippen LogP contribution in [0.3, 0.4) is 0 Å². The molecule has 0 aliphatic rings. The van der Waals surface area contributed by atoms with Crippen LogP contribution in [-0.4, -0.2) is 44.4 Å². The number of guanidine groups is 1. The summed E-state index contributed by atoms with van der Waals surface area (Å²) in [5.41, 5.74) is 1.87. The first-order chi connectivity index (χ1) is 13.4. The number of rotatable bonds is 8. The van der Waals surface area contributed by atoms with Crippen LogP contribution >= 0.6 is 24.0 Å². The molecule has 0 bridgehead atoms. The Labute approximate surface area is 184 Å². The first-order valence-corrected chi connectivity index (χ1v) is 8.62. The van der Waals surface area contributed by atoms with E-state index in [9.17, 15) is 13.2 Å². The minimum atomic E-state index is -4.39. The highest BCUT2D eigenvalue weighted by atomic mass is 127. The van der Waals surface area contributed by atoms with Gasteiger partial charge in [-0.25, -0.2) is 4.98 Å². The van der Waals surface area contributed by atoms with Crippen molar-refractivity contribution in [2.24, 2.45) is 4.99 Å². The molecule has 29 heavy (non-hydrogen) atoms. The normalized spacial score (nSPS) is 11.4. The lowest BCUT2D eigenvalue weighted by atomic mass is 10.1. The van der Waals surface area contributed by atoms with Crippen molar-refractivity contribution in [3.05, 3.63) is 53.7 Å². The molecular weight excluding hydrogens is 500 g/mol. The van der Waals surface area contributed by atoms with Crippen molar-refractivity contribution < 1.29 is 22.6 Å². The van der Waals surface area contributed by atoms with Crippen LogP contribution in [0.1, 0.15) is 11.1 Å². The lowest BCUT2D eigenvalue weighted by Crippen LogP contribution is -2.37. The number of para-hydroxylation sites is 1.